The van der Waals surface area contributed by atoms with E-state index in [0.29, 0.717) is 12.1 Å². The molecule has 12 nitrogen and oxygen atoms in total. The van der Waals surface area contributed by atoms with E-state index >= 15 is 0 Å². The minimum Gasteiger partial charge on any atom is -0.507 e. The van der Waals surface area contributed by atoms with Crippen molar-refractivity contribution >= 4 is 48.6 Å². The van der Waals surface area contributed by atoms with Crippen LogP contribution in [-0.2, 0) is 29.8 Å². The Labute approximate surface area is 157 Å². The maximum Gasteiger partial charge on any atom is 0.323 e. The molecular weight excluding hydrogens is 422 g/mol. The molecule has 0 fully saturated rings. The largest absolute Gasteiger partial charge is 0.507 e. The highest BCUT2D eigenvalue weighted by molar-refractivity contribution is 7.86. The van der Waals surface area contributed by atoms with E-state index in [4.69, 9.17) is 14.8 Å². The Balaban J connectivity index is 2.97. The van der Waals surface area contributed by atoms with Gasteiger partial charge in [-0.3, -0.25) is 18.7 Å². The molecular formula is C14H13NO11S2. The topological polar surface area (TPSA) is 207 Å². The van der Waals surface area contributed by atoms with Gasteiger partial charge in [0.25, 0.3) is 20.2 Å². The zero-order chi connectivity index (χ0) is 21.4. The first-order valence-electron chi connectivity index (χ1n) is 7.15. The molecule has 0 heterocycles. The summed E-state index contributed by atoms with van der Waals surface area (Å²) < 4.78 is 64.5. The maximum absolute atomic E-state index is 11.6. The highest BCUT2D eigenvalue weighted by Crippen LogP contribution is 2.39. The number of hydrogen-bond donors (Lipinski definition) is 5. The van der Waals surface area contributed by atoms with Gasteiger partial charge in [0, 0.05) is 22.5 Å². The number of nitrogens with zero attached hydrogens (tertiary/aromatic N) is 1. The SMILES string of the molecule is O=C(O)CN(CC(=O)O)c1ccc(S(=O)(=O)O)c2cc(S(=O)(=O)O)cc(O)c12. The van der Waals surface area contributed by atoms with E-state index in [-0.39, 0.29) is 5.69 Å². The number of phenols is 1. The van der Waals surface area contributed by atoms with Gasteiger partial charge in [-0.15, -0.1) is 0 Å². The van der Waals surface area contributed by atoms with Crippen molar-refractivity contribution < 1.29 is 50.8 Å². The van der Waals surface area contributed by atoms with E-state index in [0.717, 1.165) is 17.0 Å². The second-order valence-electron chi connectivity index (χ2n) is 5.54. The number of carboxylic acids is 2. The minimum atomic E-state index is -4.94. The summed E-state index contributed by atoms with van der Waals surface area (Å²) in [5.41, 5.74) is -0.258. The first-order chi connectivity index (χ1) is 12.7. The number of rotatable bonds is 7. The molecule has 5 N–H and O–H groups in total. The number of aliphatic carboxylic acids is 2. The summed E-state index contributed by atoms with van der Waals surface area (Å²) in [5, 5.41) is 27.2. The average molecular weight is 435 g/mol. The fraction of sp³-hybridized carbons (Fsp3) is 0.143. The Morgan fingerprint density at radius 1 is 0.893 bits per heavy atom. The fourth-order valence-electron chi connectivity index (χ4n) is 2.58. The molecule has 0 spiro atoms. The molecule has 0 amide bonds. The molecule has 0 saturated carbocycles. The zero-order valence-corrected chi connectivity index (χ0v) is 15.3. The van der Waals surface area contributed by atoms with Crippen molar-refractivity contribution in [2.45, 2.75) is 9.79 Å². The van der Waals surface area contributed by atoms with Crippen molar-refractivity contribution in [3.8, 4) is 5.75 Å². The molecule has 0 aliphatic carbocycles. The number of benzene rings is 2. The number of anilines is 1. The van der Waals surface area contributed by atoms with Gasteiger partial charge in [-0.2, -0.15) is 16.8 Å². The third kappa shape index (κ3) is 4.48. The van der Waals surface area contributed by atoms with Crippen molar-refractivity contribution in [3.05, 3.63) is 24.3 Å². The summed E-state index contributed by atoms with van der Waals surface area (Å²) >= 11 is 0. The van der Waals surface area contributed by atoms with Crippen molar-refractivity contribution in [2.24, 2.45) is 0 Å². The highest BCUT2D eigenvalue weighted by Gasteiger charge is 2.25. The van der Waals surface area contributed by atoms with Crippen LogP contribution < -0.4 is 4.90 Å². The first kappa shape index (κ1) is 21.4. The predicted octanol–water partition coefficient (Wildman–Crippen LogP) is 0.0144. The van der Waals surface area contributed by atoms with Crippen LogP contribution >= 0.6 is 0 Å². The van der Waals surface area contributed by atoms with Gasteiger partial charge in [0.2, 0.25) is 0 Å². The third-order valence-corrected chi connectivity index (χ3v) is 5.32. The molecule has 0 unspecified atom stereocenters. The van der Waals surface area contributed by atoms with Crippen molar-refractivity contribution in [1.29, 1.82) is 0 Å². The van der Waals surface area contributed by atoms with Gasteiger partial charge in [0.1, 0.15) is 23.7 Å². The number of hydrogen-bond acceptors (Lipinski definition) is 8. The lowest BCUT2D eigenvalue weighted by Crippen LogP contribution is -2.34. The average Bonchev–Trinajstić information content (AvgIpc) is 2.50. The van der Waals surface area contributed by atoms with Gasteiger partial charge in [-0.25, -0.2) is 0 Å². The molecule has 14 heteroatoms. The fourth-order valence-corrected chi connectivity index (χ4v) is 3.79. The van der Waals surface area contributed by atoms with Crippen LogP contribution in [0.5, 0.6) is 5.75 Å². The summed E-state index contributed by atoms with van der Waals surface area (Å²) in [7, 11) is -9.82. The first-order valence-corrected chi connectivity index (χ1v) is 10.0. The predicted molar refractivity (Wildman–Crippen MR) is 92.7 cm³/mol. The van der Waals surface area contributed by atoms with Crippen LogP contribution in [-0.4, -0.2) is 66.3 Å². The third-order valence-electron chi connectivity index (χ3n) is 3.57. The van der Waals surface area contributed by atoms with E-state index in [9.17, 15) is 36.1 Å². The molecule has 0 saturated heterocycles. The van der Waals surface area contributed by atoms with E-state index in [1.165, 1.54) is 0 Å². The standard InChI is InChI=1S/C14H13NO11S2/c16-10-4-7(27(21,22)23)3-8-11(28(24,25)26)2-1-9(14(8)10)15(5-12(17)18)6-13(19)20/h1-4,16H,5-6H2,(H,17,18)(H,19,20)(H,21,22,23)(H,24,25,26). The molecule has 0 aliphatic heterocycles. The Bertz CT molecular complexity index is 1170. The Hall–Kier alpha value is -2.94. The van der Waals surface area contributed by atoms with Crippen molar-refractivity contribution in [2.75, 3.05) is 18.0 Å². The molecule has 0 aromatic heterocycles. The summed E-state index contributed by atoms with van der Waals surface area (Å²) in [5.74, 6) is -3.78. The minimum absolute atomic E-state index is 0.258. The number of phenolic OH excluding ortho intramolecular Hbond substituents is 1. The van der Waals surface area contributed by atoms with Gasteiger partial charge in [-0.05, 0) is 18.2 Å². The lowest BCUT2D eigenvalue weighted by atomic mass is 10.1. The highest BCUT2D eigenvalue weighted by atomic mass is 32.2. The van der Waals surface area contributed by atoms with Crippen LogP contribution in [0, 0.1) is 0 Å². The summed E-state index contributed by atoms with van der Waals surface area (Å²) in [6.07, 6.45) is 0. The Morgan fingerprint density at radius 2 is 1.43 bits per heavy atom. The normalized spacial score (nSPS) is 12.1. The lowest BCUT2D eigenvalue weighted by Gasteiger charge is -2.23. The Kier molecular flexibility index (Phi) is 5.52. The summed E-state index contributed by atoms with van der Waals surface area (Å²) in [6.45, 7) is -1.71. The van der Waals surface area contributed by atoms with Crippen LogP contribution in [0.25, 0.3) is 10.8 Å². The van der Waals surface area contributed by atoms with Gasteiger partial charge in [0.15, 0.2) is 0 Å². The molecule has 2 aromatic rings. The van der Waals surface area contributed by atoms with Crippen LogP contribution in [0.3, 0.4) is 0 Å². The smallest absolute Gasteiger partial charge is 0.323 e. The second-order valence-corrected chi connectivity index (χ2v) is 8.35. The maximum atomic E-state index is 11.6. The summed E-state index contributed by atoms with van der Waals surface area (Å²) in [4.78, 5) is 21.1. The summed E-state index contributed by atoms with van der Waals surface area (Å²) in [6, 6.07) is 2.92. The second kappa shape index (κ2) is 7.23. The van der Waals surface area contributed by atoms with Crippen LogP contribution in [0.15, 0.2) is 34.1 Å². The molecule has 152 valence electrons. The van der Waals surface area contributed by atoms with Crippen molar-refractivity contribution in [3.63, 3.8) is 0 Å². The van der Waals surface area contributed by atoms with Crippen LogP contribution in [0.1, 0.15) is 0 Å². The quantitative estimate of drug-likeness (QED) is 0.365. The van der Waals surface area contributed by atoms with Gasteiger partial charge in [0.05, 0.1) is 4.90 Å². The molecule has 2 aromatic carbocycles. The van der Waals surface area contributed by atoms with E-state index in [2.05, 4.69) is 0 Å². The molecule has 0 atom stereocenters. The van der Waals surface area contributed by atoms with Crippen LogP contribution in [0.2, 0.25) is 0 Å². The lowest BCUT2D eigenvalue weighted by molar-refractivity contribution is -0.136. The van der Waals surface area contributed by atoms with Gasteiger partial charge < -0.3 is 20.2 Å². The van der Waals surface area contributed by atoms with Gasteiger partial charge in [-0.1, -0.05) is 0 Å². The molecule has 0 aliphatic rings. The number of aromatic hydroxyl groups is 1. The molecule has 28 heavy (non-hydrogen) atoms. The molecule has 0 bridgehead atoms. The van der Waals surface area contributed by atoms with Crippen molar-refractivity contribution in [1.82, 2.24) is 0 Å². The number of fused-ring (bicyclic) bond motifs is 1. The zero-order valence-electron chi connectivity index (χ0n) is 13.7. The van der Waals surface area contributed by atoms with E-state index in [1.54, 1.807) is 0 Å². The molecule has 0 radical (unpaired) electrons. The monoisotopic (exact) mass is 435 g/mol. The number of carboxylic acid groups (broad SMARTS) is 2. The Morgan fingerprint density at radius 3 is 1.86 bits per heavy atom. The van der Waals surface area contributed by atoms with E-state index < -0.39 is 71.6 Å². The van der Waals surface area contributed by atoms with E-state index in [1.807, 2.05) is 0 Å². The van der Waals surface area contributed by atoms with Crippen LogP contribution in [0.4, 0.5) is 5.69 Å². The molecule has 2 rings (SSSR count). The van der Waals surface area contributed by atoms with Gasteiger partial charge >= 0.3 is 11.9 Å². The number of carbonyl (C=O) groups is 2.